The van der Waals surface area contributed by atoms with Gasteiger partial charge in [0.25, 0.3) is 0 Å². The standard InChI is InChI=1S/C41H53F2N6O12P/c1-21-9-11-26(12-10-21)18-33(50)45-30(17-27-15-28(42)19-29(43)16-27)36(51)46-34-24(4)60-41(56)32-14-22(2)20-49(32)38(53)23(3)44-37(52)35(25(5)61-62(57,58)59)47(6)39(54)31-8-7-13-48(31)40(34)55/h9-12,15-16,19,22-25,30-32,34-35H,7-8,13-14,17-18,20H2,1-6H3,(H,44,52)(H,45,50)(H,46,51)(H2,57,58,59)/t22-,23+,24+,25-,30+,31+,32+,34+,35+/m1/s1. The quantitative estimate of drug-likeness (QED) is 0.166. The van der Waals surface area contributed by atoms with Crippen molar-refractivity contribution in [2.24, 2.45) is 5.92 Å². The summed E-state index contributed by atoms with van der Waals surface area (Å²) in [4.78, 5) is 121. The SMILES string of the molecule is Cc1ccc(CC(=O)N[C@@H](Cc2cc(F)cc(F)c2)C(=O)N[C@@H]2C(=O)N3CCC[C@H]3C(=O)N(C)[C@@H]([C@@H](C)OP(=O)(O)O)C(=O)N[C@@H](C)C(=O)N3C[C@H](C)C[C@H]3C(=O)O[C@H]2C)cc1. The van der Waals surface area contributed by atoms with E-state index in [1.165, 1.54) is 25.8 Å². The first kappa shape index (κ1) is 47.7. The minimum atomic E-state index is -5.24. The van der Waals surface area contributed by atoms with Crippen LogP contribution in [0.2, 0.25) is 0 Å². The zero-order valence-electron chi connectivity index (χ0n) is 35.2. The number of nitrogens with zero attached hydrogens (tertiary/aromatic N) is 3. The van der Waals surface area contributed by atoms with Crippen molar-refractivity contribution in [1.29, 1.82) is 0 Å². The Balaban J connectivity index is 1.54. The summed E-state index contributed by atoms with van der Waals surface area (Å²) >= 11 is 0. The van der Waals surface area contributed by atoms with Gasteiger partial charge in [-0.05, 0) is 76.1 Å². The number of phosphoric acid groups is 1. The number of carbonyl (C=O) groups is 7. The number of carbonyl (C=O) groups excluding carboxylic acids is 7. The van der Waals surface area contributed by atoms with E-state index in [2.05, 4.69) is 16.0 Å². The molecule has 0 spiro atoms. The maximum Gasteiger partial charge on any atom is 0.469 e. The van der Waals surface area contributed by atoms with Crippen LogP contribution in [0.15, 0.2) is 42.5 Å². The number of fused-ring (bicyclic) bond motifs is 2. The first-order chi connectivity index (χ1) is 29.0. The van der Waals surface area contributed by atoms with Gasteiger partial charge in [0.2, 0.25) is 35.4 Å². The smallest absolute Gasteiger partial charge is 0.458 e. The van der Waals surface area contributed by atoms with Gasteiger partial charge >= 0.3 is 13.8 Å². The number of cyclic esters (lactones) is 1. The van der Waals surface area contributed by atoms with Crippen LogP contribution in [0.4, 0.5) is 8.78 Å². The average Bonchev–Trinajstić information content (AvgIpc) is 3.82. The second-order valence-electron chi connectivity index (χ2n) is 16.4. The topological polar surface area (TPSA) is 241 Å². The van der Waals surface area contributed by atoms with Gasteiger partial charge in [-0.2, -0.15) is 0 Å². The summed E-state index contributed by atoms with van der Waals surface area (Å²) in [6.07, 6.45) is -3.35. The molecule has 5 N–H and O–H groups in total. The van der Waals surface area contributed by atoms with Crippen LogP contribution in [0, 0.1) is 24.5 Å². The molecule has 0 unspecified atom stereocenters. The van der Waals surface area contributed by atoms with Crippen LogP contribution >= 0.6 is 7.82 Å². The number of esters is 1. The third-order valence-corrected chi connectivity index (χ3v) is 11.8. The molecule has 9 atom stereocenters. The van der Waals surface area contributed by atoms with Crippen LogP contribution in [-0.4, -0.2) is 134 Å². The zero-order valence-corrected chi connectivity index (χ0v) is 36.1. The van der Waals surface area contributed by atoms with Crippen LogP contribution in [0.5, 0.6) is 0 Å². The number of benzene rings is 2. The predicted octanol–water partition coefficient (Wildman–Crippen LogP) is 1.03. The average molecular weight is 891 g/mol. The lowest BCUT2D eigenvalue weighted by atomic mass is 10.0. The Morgan fingerprint density at radius 2 is 1.60 bits per heavy atom. The van der Waals surface area contributed by atoms with Crippen molar-refractivity contribution in [3.05, 3.63) is 70.8 Å². The molecule has 2 aromatic rings. The monoisotopic (exact) mass is 890 g/mol. The van der Waals surface area contributed by atoms with Crippen LogP contribution in [0.1, 0.15) is 63.6 Å². The number of halogens is 2. The second-order valence-corrected chi connectivity index (χ2v) is 17.5. The first-order valence-electron chi connectivity index (χ1n) is 20.3. The lowest BCUT2D eigenvalue weighted by Gasteiger charge is -2.37. The molecule has 0 aliphatic carbocycles. The summed E-state index contributed by atoms with van der Waals surface area (Å²) in [7, 11) is -4.07. The lowest BCUT2D eigenvalue weighted by Crippen LogP contribution is -2.63. The van der Waals surface area contributed by atoms with Gasteiger partial charge in [0.05, 0.1) is 12.5 Å². The molecule has 3 aliphatic heterocycles. The Morgan fingerprint density at radius 3 is 2.23 bits per heavy atom. The Hall–Kier alpha value is -5.30. The van der Waals surface area contributed by atoms with Crippen molar-refractivity contribution in [1.82, 2.24) is 30.7 Å². The molecular weight excluding hydrogens is 837 g/mol. The predicted molar refractivity (Wildman–Crippen MR) is 215 cm³/mol. The largest absolute Gasteiger partial charge is 0.469 e. The molecule has 3 fully saturated rings. The molecule has 21 heteroatoms. The van der Waals surface area contributed by atoms with Gasteiger partial charge in [0.15, 0.2) is 0 Å². The van der Waals surface area contributed by atoms with E-state index in [4.69, 9.17) is 9.26 Å². The molecule has 0 aromatic heterocycles. The Morgan fingerprint density at radius 1 is 0.952 bits per heavy atom. The molecule has 0 saturated carbocycles. The van der Waals surface area contributed by atoms with Crippen molar-refractivity contribution in [3.8, 4) is 0 Å². The lowest BCUT2D eigenvalue weighted by molar-refractivity contribution is -0.163. The number of amides is 6. The van der Waals surface area contributed by atoms with Crippen LogP contribution in [0.3, 0.4) is 0 Å². The molecule has 5 rings (SSSR count). The van der Waals surface area contributed by atoms with E-state index in [1.807, 2.05) is 6.92 Å². The fourth-order valence-corrected chi connectivity index (χ4v) is 8.76. The minimum absolute atomic E-state index is 0.0137. The zero-order chi connectivity index (χ0) is 45.8. The molecule has 3 aliphatic rings. The number of nitrogens with one attached hydrogen (secondary N) is 3. The molecule has 0 bridgehead atoms. The third kappa shape index (κ3) is 11.8. The van der Waals surface area contributed by atoms with Crippen LogP contribution < -0.4 is 16.0 Å². The highest BCUT2D eigenvalue weighted by molar-refractivity contribution is 7.46. The molecule has 3 saturated heterocycles. The number of likely N-dealkylation sites (N-methyl/N-ethyl adjacent to an activating group) is 1. The normalized spacial score (nSPS) is 26.3. The Kier molecular flexibility index (Phi) is 15.3. The van der Waals surface area contributed by atoms with Gasteiger partial charge in [0.1, 0.15) is 54.0 Å². The molecule has 2 aromatic carbocycles. The second kappa shape index (κ2) is 19.8. The van der Waals surface area contributed by atoms with E-state index in [0.29, 0.717) is 11.6 Å². The fraction of sp³-hybridized carbons (Fsp3) is 0.537. The molecule has 62 heavy (non-hydrogen) atoms. The van der Waals surface area contributed by atoms with E-state index in [-0.39, 0.29) is 50.3 Å². The molecule has 0 radical (unpaired) electrons. The van der Waals surface area contributed by atoms with Crippen molar-refractivity contribution in [2.75, 3.05) is 20.1 Å². The van der Waals surface area contributed by atoms with Gasteiger partial charge in [0, 0.05) is 32.6 Å². The van der Waals surface area contributed by atoms with E-state index in [0.717, 1.165) is 34.4 Å². The maximum absolute atomic E-state index is 14.7. The number of hydrogen-bond donors (Lipinski definition) is 5. The highest BCUT2D eigenvalue weighted by Gasteiger charge is 2.48. The van der Waals surface area contributed by atoms with Gasteiger partial charge in [-0.15, -0.1) is 0 Å². The molecular formula is C41H53F2N6O12P. The molecule has 338 valence electrons. The van der Waals surface area contributed by atoms with Crippen molar-refractivity contribution in [2.45, 2.75) is 115 Å². The third-order valence-electron chi connectivity index (χ3n) is 11.2. The molecule has 18 nitrogen and oxygen atoms in total. The summed E-state index contributed by atoms with van der Waals surface area (Å²) < 4.78 is 51.3. The number of ether oxygens (including phenoxy) is 1. The summed E-state index contributed by atoms with van der Waals surface area (Å²) in [5.41, 5.74) is 1.52. The van der Waals surface area contributed by atoms with E-state index in [1.54, 1.807) is 31.2 Å². The molecule has 6 amide bonds. The van der Waals surface area contributed by atoms with Gasteiger partial charge in [-0.25, -0.2) is 18.1 Å². The van der Waals surface area contributed by atoms with Gasteiger partial charge in [-0.3, -0.25) is 33.3 Å². The Labute approximate surface area is 357 Å². The van der Waals surface area contributed by atoms with E-state index >= 15 is 0 Å². The number of hydrogen-bond acceptors (Lipinski definition) is 10. The number of rotatable bonds is 10. The van der Waals surface area contributed by atoms with E-state index < -0.39 is 116 Å². The van der Waals surface area contributed by atoms with Crippen molar-refractivity contribution < 1.29 is 66.0 Å². The van der Waals surface area contributed by atoms with Gasteiger partial charge < -0.3 is 45.2 Å². The van der Waals surface area contributed by atoms with Crippen molar-refractivity contribution >= 4 is 49.2 Å². The van der Waals surface area contributed by atoms with Crippen LogP contribution in [-0.2, 0) is 60.2 Å². The van der Waals surface area contributed by atoms with Crippen LogP contribution in [0.25, 0.3) is 0 Å². The maximum atomic E-state index is 14.7. The minimum Gasteiger partial charge on any atom is -0.458 e. The van der Waals surface area contributed by atoms with E-state index in [9.17, 15) is 56.7 Å². The number of phosphoric ester groups is 1. The molecule has 3 heterocycles. The fourth-order valence-electron chi connectivity index (χ4n) is 8.21. The Bertz CT molecular complexity index is 2090. The highest BCUT2D eigenvalue weighted by atomic mass is 31.2. The summed E-state index contributed by atoms with van der Waals surface area (Å²) in [6.45, 7) is 7.44. The van der Waals surface area contributed by atoms with Crippen molar-refractivity contribution in [3.63, 3.8) is 0 Å². The number of aryl methyl sites for hydroxylation is 1. The summed E-state index contributed by atoms with van der Waals surface area (Å²) in [5, 5.41) is 7.64. The highest BCUT2D eigenvalue weighted by Crippen LogP contribution is 2.39. The van der Waals surface area contributed by atoms with Gasteiger partial charge in [-0.1, -0.05) is 36.8 Å². The first-order valence-corrected chi connectivity index (χ1v) is 21.8. The summed E-state index contributed by atoms with van der Waals surface area (Å²) in [6, 6.07) is 0.701. The summed E-state index contributed by atoms with van der Waals surface area (Å²) in [5.74, 6) is -8.25.